The molecule has 2 aliphatic rings. The Bertz CT molecular complexity index is 937. The third-order valence-corrected chi connectivity index (χ3v) is 12.3. The van der Waals surface area contributed by atoms with Crippen LogP contribution >= 0.6 is 0 Å². The first-order valence-corrected chi connectivity index (χ1v) is 15.0. The van der Waals surface area contributed by atoms with Crippen molar-refractivity contribution in [2.45, 2.75) is 89.3 Å². The quantitative estimate of drug-likeness (QED) is 0.382. The molecule has 4 rings (SSSR count). The molecule has 0 bridgehead atoms. The molecule has 4 unspecified atom stereocenters. The van der Waals surface area contributed by atoms with Crippen LogP contribution in [0.4, 0.5) is 0 Å². The van der Waals surface area contributed by atoms with Crippen molar-refractivity contribution >= 4 is 18.7 Å². The minimum atomic E-state index is -2.84. The predicted octanol–water partition coefficient (Wildman–Crippen LogP) is 3.99. The average molecular weight is 515 g/mol. The summed E-state index contributed by atoms with van der Waals surface area (Å²) in [4.78, 5) is 0. The van der Waals surface area contributed by atoms with Crippen LogP contribution in [0.15, 0.2) is 60.7 Å². The zero-order valence-electron chi connectivity index (χ0n) is 22.5. The van der Waals surface area contributed by atoms with Gasteiger partial charge in [-0.05, 0) is 35.7 Å². The number of rotatable bonds is 10. The lowest BCUT2D eigenvalue weighted by molar-refractivity contribution is -0.256. The van der Waals surface area contributed by atoms with Gasteiger partial charge in [0.15, 0.2) is 12.1 Å². The molecule has 0 saturated carbocycles. The molecule has 2 aromatic rings. The van der Waals surface area contributed by atoms with Crippen molar-refractivity contribution in [1.82, 2.24) is 0 Å². The zero-order chi connectivity index (χ0) is 26.0. The Morgan fingerprint density at radius 1 is 0.917 bits per heavy atom. The summed E-state index contributed by atoms with van der Waals surface area (Å²) < 4.78 is 32.3. The van der Waals surface area contributed by atoms with Crippen LogP contribution < -0.4 is 10.4 Å². The minimum Gasteiger partial charge on any atom is -0.404 e. The number of unbranched alkanes of at least 4 members (excludes halogenated alkanes) is 1. The Kier molecular flexibility index (Phi) is 8.12. The maximum atomic E-state index is 10.8. The molecule has 2 fully saturated rings. The number of aliphatic hydroxyl groups is 1. The topological polar surface area (TPSA) is 66.4 Å². The molecule has 7 heteroatoms. The molecule has 0 aliphatic carbocycles. The van der Waals surface area contributed by atoms with Gasteiger partial charge in [-0.1, -0.05) is 94.8 Å². The van der Waals surface area contributed by atoms with Crippen molar-refractivity contribution < 1.29 is 28.5 Å². The van der Waals surface area contributed by atoms with Crippen LogP contribution in [-0.2, 0) is 23.4 Å². The Morgan fingerprint density at radius 3 is 2.00 bits per heavy atom. The summed E-state index contributed by atoms with van der Waals surface area (Å²) in [6, 6.07) is 20.9. The predicted molar refractivity (Wildman–Crippen MR) is 143 cm³/mol. The second-order valence-electron chi connectivity index (χ2n) is 11.4. The summed E-state index contributed by atoms with van der Waals surface area (Å²) >= 11 is 0. The summed E-state index contributed by atoms with van der Waals surface area (Å²) in [6.07, 6.45) is 0.345. The fourth-order valence-corrected chi connectivity index (χ4v) is 10.1. The lowest BCUT2D eigenvalue weighted by Gasteiger charge is -2.45. The summed E-state index contributed by atoms with van der Waals surface area (Å²) in [5, 5.41) is 12.9. The van der Waals surface area contributed by atoms with E-state index in [9.17, 15) is 5.11 Å². The molecular formula is C29H42O6Si. The second-order valence-corrected chi connectivity index (χ2v) is 15.7. The van der Waals surface area contributed by atoms with E-state index in [-0.39, 0.29) is 18.3 Å². The highest BCUT2D eigenvalue weighted by atomic mass is 28.4. The first kappa shape index (κ1) is 27.5. The number of fused-ring (bicyclic) bond motifs is 1. The average Bonchev–Trinajstić information content (AvgIpc) is 3.29. The van der Waals surface area contributed by atoms with E-state index in [1.165, 1.54) is 10.4 Å². The lowest BCUT2D eigenvalue weighted by atomic mass is 9.97. The standard InChI is InChI=1S/C29H42O6Si/c1-7-8-19-31-25-24-26(34-28(5,6)33-24)35-29(25,20-30)21-32-36(27(2,3)4,22-15-11-9-12-16-22)23-17-13-10-14-18-23/h9-18,24-26,30H,7-8,19-21H2,1-6H3. The third-order valence-electron chi connectivity index (χ3n) is 7.27. The van der Waals surface area contributed by atoms with Gasteiger partial charge in [-0.2, -0.15) is 0 Å². The Labute approximate surface area is 217 Å². The van der Waals surface area contributed by atoms with Gasteiger partial charge in [-0.15, -0.1) is 0 Å². The van der Waals surface area contributed by atoms with E-state index in [2.05, 4.69) is 76.2 Å². The van der Waals surface area contributed by atoms with Crippen molar-refractivity contribution in [3.8, 4) is 0 Å². The molecule has 0 radical (unpaired) electrons. The summed E-state index contributed by atoms with van der Waals surface area (Å²) in [5.41, 5.74) is -1.10. The van der Waals surface area contributed by atoms with Gasteiger partial charge in [-0.25, -0.2) is 0 Å². The first-order chi connectivity index (χ1) is 17.1. The van der Waals surface area contributed by atoms with E-state index < -0.39 is 38.2 Å². The highest BCUT2D eigenvalue weighted by Gasteiger charge is 2.64. The fraction of sp³-hybridized carbons (Fsp3) is 0.586. The summed E-state index contributed by atoms with van der Waals surface area (Å²) in [7, 11) is -2.84. The van der Waals surface area contributed by atoms with E-state index in [0.29, 0.717) is 6.61 Å². The number of hydrogen-bond acceptors (Lipinski definition) is 6. The number of benzene rings is 2. The molecule has 36 heavy (non-hydrogen) atoms. The van der Waals surface area contributed by atoms with Crippen LogP contribution in [0.2, 0.25) is 5.04 Å². The maximum absolute atomic E-state index is 10.8. The van der Waals surface area contributed by atoms with Gasteiger partial charge < -0.3 is 28.5 Å². The highest BCUT2D eigenvalue weighted by molar-refractivity contribution is 6.99. The number of ether oxygens (including phenoxy) is 4. The molecule has 4 atom stereocenters. The van der Waals surface area contributed by atoms with Gasteiger partial charge in [0.2, 0.25) is 0 Å². The van der Waals surface area contributed by atoms with Gasteiger partial charge in [0.25, 0.3) is 8.32 Å². The van der Waals surface area contributed by atoms with Crippen molar-refractivity contribution in [1.29, 1.82) is 0 Å². The van der Waals surface area contributed by atoms with Crippen LogP contribution in [-0.4, -0.2) is 63.1 Å². The van der Waals surface area contributed by atoms with E-state index >= 15 is 0 Å². The number of hydrogen-bond donors (Lipinski definition) is 1. The zero-order valence-corrected chi connectivity index (χ0v) is 23.5. The van der Waals surface area contributed by atoms with Crippen molar-refractivity contribution in [3.63, 3.8) is 0 Å². The maximum Gasteiger partial charge on any atom is 0.261 e. The first-order valence-electron chi connectivity index (χ1n) is 13.1. The normalized spacial score (nSPS) is 27.8. The largest absolute Gasteiger partial charge is 0.404 e. The van der Waals surface area contributed by atoms with Gasteiger partial charge in [0.1, 0.15) is 17.8 Å². The molecule has 0 aromatic heterocycles. The SMILES string of the molecule is CCCCOC1C2OC(C)(C)OC2OC1(CO)CO[Si](c1ccccc1)(c1ccccc1)C(C)(C)C. The molecule has 2 aliphatic heterocycles. The van der Waals surface area contributed by atoms with Gasteiger partial charge in [-0.3, -0.25) is 0 Å². The van der Waals surface area contributed by atoms with Crippen LogP contribution in [0.1, 0.15) is 54.4 Å². The molecule has 0 amide bonds. The van der Waals surface area contributed by atoms with Gasteiger partial charge >= 0.3 is 0 Å². The third kappa shape index (κ3) is 5.07. The van der Waals surface area contributed by atoms with E-state index in [1.807, 2.05) is 26.0 Å². The highest BCUT2D eigenvalue weighted by Crippen LogP contribution is 2.45. The Morgan fingerprint density at radius 2 is 1.50 bits per heavy atom. The summed E-state index contributed by atoms with van der Waals surface area (Å²) in [6.45, 7) is 13.0. The number of aliphatic hydroxyl groups excluding tert-OH is 1. The molecule has 2 heterocycles. The second kappa shape index (κ2) is 10.7. The van der Waals surface area contributed by atoms with E-state index in [1.54, 1.807) is 0 Å². The molecule has 1 N–H and O–H groups in total. The molecule has 2 saturated heterocycles. The van der Waals surface area contributed by atoms with Crippen molar-refractivity contribution in [3.05, 3.63) is 60.7 Å². The van der Waals surface area contributed by atoms with Crippen LogP contribution in [0.5, 0.6) is 0 Å². The van der Waals surface area contributed by atoms with Gasteiger partial charge in [0, 0.05) is 6.61 Å². The molecular weight excluding hydrogens is 472 g/mol. The van der Waals surface area contributed by atoms with Crippen LogP contribution in [0.25, 0.3) is 0 Å². The molecule has 198 valence electrons. The smallest absolute Gasteiger partial charge is 0.261 e. The Balaban J connectivity index is 1.73. The summed E-state index contributed by atoms with van der Waals surface area (Å²) in [5.74, 6) is -0.776. The molecule has 0 spiro atoms. The van der Waals surface area contributed by atoms with Crippen molar-refractivity contribution in [2.75, 3.05) is 19.8 Å². The van der Waals surface area contributed by atoms with E-state index in [4.69, 9.17) is 23.4 Å². The monoisotopic (exact) mass is 514 g/mol. The molecule has 2 aromatic carbocycles. The van der Waals surface area contributed by atoms with Gasteiger partial charge in [0.05, 0.1) is 13.2 Å². The van der Waals surface area contributed by atoms with E-state index in [0.717, 1.165) is 12.8 Å². The van der Waals surface area contributed by atoms with Crippen LogP contribution in [0, 0.1) is 0 Å². The fourth-order valence-electron chi connectivity index (χ4n) is 5.53. The van der Waals surface area contributed by atoms with Crippen molar-refractivity contribution in [2.24, 2.45) is 0 Å². The minimum absolute atomic E-state index is 0.160. The Hall–Kier alpha value is -1.58. The lowest BCUT2D eigenvalue weighted by Crippen LogP contribution is -2.68. The van der Waals surface area contributed by atoms with Crippen LogP contribution in [0.3, 0.4) is 0 Å². The molecule has 6 nitrogen and oxygen atoms in total.